The molecule has 19 heavy (non-hydrogen) atoms. The van der Waals surface area contributed by atoms with Crippen LogP contribution in [0.4, 0.5) is 5.69 Å². The first-order chi connectivity index (χ1) is 9.20. The Labute approximate surface area is 115 Å². The maximum absolute atomic E-state index is 12.5. The van der Waals surface area contributed by atoms with Gasteiger partial charge in [-0.05, 0) is 12.3 Å². The van der Waals surface area contributed by atoms with Gasteiger partial charge in [0.05, 0.1) is 5.69 Å². The van der Waals surface area contributed by atoms with E-state index >= 15 is 0 Å². The van der Waals surface area contributed by atoms with Gasteiger partial charge >= 0.3 is 0 Å². The highest BCUT2D eigenvalue weighted by Crippen LogP contribution is 2.32. The topological polar surface area (TPSA) is 72.1 Å². The molecule has 6 heteroatoms. The molecule has 0 saturated carbocycles. The molecule has 2 aromatic heterocycles. The lowest BCUT2D eigenvalue weighted by atomic mass is 10.1. The molecule has 1 amide bonds. The number of nitrogens with two attached hydrogens (primary N) is 1. The Morgan fingerprint density at radius 2 is 2.32 bits per heavy atom. The molecule has 2 aromatic rings. The van der Waals surface area contributed by atoms with E-state index in [1.807, 2.05) is 4.90 Å². The van der Waals surface area contributed by atoms with Gasteiger partial charge in [-0.3, -0.25) is 4.79 Å². The Kier molecular flexibility index (Phi) is 3.10. The summed E-state index contributed by atoms with van der Waals surface area (Å²) >= 11 is 1.34. The van der Waals surface area contributed by atoms with Crippen LogP contribution in [0, 0.1) is 5.92 Å². The van der Waals surface area contributed by atoms with Crippen LogP contribution >= 0.6 is 11.3 Å². The van der Waals surface area contributed by atoms with Crippen molar-refractivity contribution in [1.29, 1.82) is 0 Å². The zero-order valence-electron chi connectivity index (χ0n) is 10.8. The van der Waals surface area contributed by atoms with Crippen LogP contribution in [-0.4, -0.2) is 33.9 Å². The molecule has 1 saturated heterocycles. The summed E-state index contributed by atoms with van der Waals surface area (Å²) in [4.78, 5) is 24.1. The third-order valence-electron chi connectivity index (χ3n) is 3.71. The van der Waals surface area contributed by atoms with Crippen LogP contribution in [0.3, 0.4) is 0 Å². The van der Waals surface area contributed by atoms with Crippen molar-refractivity contribution in [1.82, 2.24) is 14.9 Å². The first-order valence-electron chi connectivity index (χ1n) is 6.49. The number of hydrogen-bond donors (Lipinski definition) is 1. The van der Waals surface area contributed by atoms with Crippen LogP contribution in [0.15, 0.2) is 12.4 Å². The minimum Gasteiger partial charge on any atom is -0.396 e. The van der Waals surface area contributed by atoms with E-state index in [9.17, 15) is 4.79 Å². The summed E-state index contributed by atoms with van der Waals surface area (Å²) in [6.45, 7) is 3.83. The fourth-order valence-corrected chi connectivity index (χ4v) is 3.49. The molecule has 5 nitrogen and oxygen atoms in total. The van der Waals surface area contributed by atoms with Gasteiger partial charge in [-0.25, -0.2) is 9.97 Å². The Balaban J connectivity index is 1.92. The fourth-order valence-electron chi connectivity index (χ4n) is 2.50. The standard InChI is InChI=1S/C13H16N4OS/c1-2-8-3-6-17(7-8)13(18)11-9(14)10-12(19-11)16-5-4-15-10/h4-5,8H,2-3,6-7,14H2,1H3. The third-order valence-corrected chi connectivity index (χ3v) is 4.80. The van der Waals surface area contributed by atoms with Gasteiger partial charge in [-0.2, -0.15) is 0 Å². The second kappa shape index (κ2) is 4.77. The van der Waals surface area contributed by atoms with Crippen LogP contribution in [-0.2, 0) is 0 Å². The number of amides is 1. The van der Waals surface area contributed by atoms with Gasteiger partial charge in [0.2, 0.25) is 0 Å². The molecule has 0 bridgehead atoms. The van der Waals surface area contributed by atoms with Gasteiger partial charge < -0.3 is 10.6 Å². The SMILES string of the molecule is CCC1CCN(C(=O)c2sc3nccnc3c2N)C1. The summed E-state index contributed by atoms with van der Waals surface area (Å²) in [5.41, 5.74) is 7.15. The number of thiophene rings is 1. The van der Waals surface area contributed by atoms with Crippen LogP contribution < -0.4 is 5.73 Å². The van der Waals surface area contributed by atoms with E-state index in [-0.39, 0.29) is 5.91 Å². The minimum absolute atomic E-state index is 0.0262. The lowest BCUT2D eigenvalue weighted by molar-refractivity contribution is 0.0792. The van der Waals surface area contributed by atoms with Crippen molar-refractivity contribution in [2.24, 2.45) is 5.92 Å². The molecule has 3 heterocycles. The molecule has 0 aromatic carbocycles. The van der Waals surface area contributed by atoms with E-state index in [4.69, 9.17) is 5.73 Å². The van der Waals surface area contributed by atoms with Gasteiger partial charge in [-0.1, -0.05) is 13.3 Å². The molecule has 1 fully saturated rings. The predicted octanol–water partition coefficient (Wildman–Crippen LogP) is 2.15. The van der Waals surface area contributed by atoms with E-state index in [1.165, 1.54) is 11.3 Å². The van der Waals surface area contributed by atoms with Gasteiger partial charge in [0.1, 0.15) is 15.2 Å². The van der Waals surface area contributed by atoms with E-state index < -0.39 is 0 Å². The zero-order chi connectivity index (χ0) is 13.4. The van der Waals surface area contributed by atoms with Gasteiger partial charge in [0.15, 0.2) is 0 Å². The van der Waals surface area contributed by atoms with Gasteiger partial charge in [-0.15, -0.1) is 11.3 Å². The molecule has 1 aliphatic rings. The summed E-state index contributed by atoms with van der Waals surface area (Å²) in [6, 6.07) is 0. The third kappa shape index (κ3) is 2.06. The highest BCUT2D eigenvalue weighted by atomic mass is 32.1. The summed E-state index contributed by atoms with van der Waals surface area (Å²) in [6.07, 6.45) is 5.43. The number of rotatable bonds is 2. The second-order valence-corrected chi connectivity index (χ2v) is 5.87. The number of carbonyl (C=O) groups is 1. The number of aromatic nitrogens is 2. The summed E-state index contributed by atoms with van der Waals surface area (Å²) in [7, 11) is 0. The molecule has 0 radical (unpaired) electrons. The number of nitrogens with zero attached hydrogens (tertiary/aromatic N) is 3. The fraction of sp³-hybridized carbons (Fsp3) is 0.462. The van der Waals surface area contributed by atoms with Gasteiger partial charge in [0, 0.05) is 25.5 Å². The summed E-state index contributed by atoms with van der Waals surface area (Å²) < 4.78 is 0. The number of anilines is 1. The van der Waals surface area contributed by atoms with E-state index in [0.29, 0.717) is 22.0 Å². The molecule has 1 unspecified atom stereocenters. The van der Waals surface area contributed by atoms with Crippen molar-refractivity contribution in [3.05, 3.63) is 17.3 Å². The molecule has 3 rings (SSSR count). The normalized spacial score (nSPS) is 19.2. The Bertz CT molecular complexity index is 624. The average molecular weight is 276 g/mol. The average Bonchev–Trinajstić information content (AvgIpc) is 3.04. The van der Waals surface area contributed by atoms with Gasteiger partial charge in [0.25, 0.3) is 5.91 Å². The zero-order valence-corrected chi connectivity index (χ0v) is 11.6. The number of likely N-dealkylation sites (tertiary alicyclic amines) is 1. The summed E-state index contributed by atoms with van der Waals surface area (Å²) in [5, 5.41) is 0. The Hall–Kier alpha value is -1.69. The molecule has 1 aliphatic heterocycles. The van der Waals surface area contributed by atoms with Crippen molar-refractivity contribution < 1.29 is 4.79 Å². The monoisotopic (exact) mass is 276 g/mol. The molecule has 100 valence electrons. The first kappa shape index (κ1) is 12.3. The Morgan fingerprint density at radius 1 is 1.53 bits per heavy atom. The van der Waals surface area contributed by atoms with Crippen molar-refractivity contribution in [3.8, 4) is 0 Å². The molecular weight excluding hydrogens is 260 g/mol. The highest BCUT2D eigenvalue weighted by molar-refractivity contribution is 7.21. The smallest absolute Gasteiger partial charge is 0.266 e. The van der Waals surface area contributed by atoms with E-state index in [0.717, 1.165) is 30.8 Å². The number of carbonyl (C=O) groups excluding carboxylic acids is 1. The van der Waals surface area contributed by atoms with Crippen LogP contribution in [0.2, 0.25) is 0 Å². The predicted molar refractivity (Wildman–Crippen MR) is 76.1 cm³/mol. The van der Waals surface area contributed by atoms with E-state index in [1.54, 1.807) is 12.4 Å². The second-order valence-electron chi connectivity index (χ2n) is 4.87. The molecule has 2 N–H and O–H groups in total. The molecule has 1 atom stereocenters. The van der Waals surface area contributed by atoms with Crippen molar-refractivity contribution >= 4 is 33.3 Å². The molecule has 0 spiro atoms. The lowest BCUT2D eigenvalue weighted by Crippen LogP contribution is -2.28. The first-order valence-corrected chi connectivity index (χ1v) is 7.30. The molecule has 0 aliphatic carbocycles. The number of hydrogen-bond acceptors (Lipinski definition) is 5. The maximum atomic E-state index is 12.5. The minimum atomic E-state index is 0.0262. The van der Waals surface area contributed by atoms with Crippen LogP contribution in [0.25, 0.3) is 10.3 Å². The van der Waals surface area contributed by atoms with Crippen molar-refractivity contribution in [2.45, 2.75) is 19.8 Å². The number of fused-ring (bicyclic) bond motifs is 1. The molecular formula is C13H16N4OS. The largest absolute Gasteiger partial charge is 0.396 e. The Morgan fingerprint density at radius 3 is 3.00 bits per heavy atom. The van der Waals surface area contributed by atoms with Crippen LogP contribution in [0.1, 0.15) is 29.4 Å². The van der Waals surface area contributed by atoms with Crippen molar-refractivity contribution in [2.75, 3.05) is 18.8 Å². The van der Waals surface area contributed by atoms with Crippen LogP contribution in [0.5, 0.6) is 0 Å². The van der Waals surface area contributed by atoms with E-state index in [2.05, 4.69) is 16.9 Å². The number of nitrogen functional groups attached to an aromatic ring is 1. The summed E-state index contributed by atoms with van der Waals surface area (Å²) in [5.74, 6) is 0.647. The maximum Gasteiger partial charge on any atom is 0.266 e. The highest BCUT2D eigenvalue weighted by Gasteiger charge is 2.28. The van der Waals surface area contributed by atoms with Crippen molar-refractivity contribution in [3.63, 3.8) is 0 Å². The lowest BCUT2D eigenvalue weighted by Gasteiger charge is -2.15. The quantitative estimate of drug-likeness (QED) is 0.912.